The summed E-state index contributed by atoms with van der Waals surface area (Å²) in [4.78, 5) is 19.6. The van der Waals surface area contributed by atoms with Gasteiger partial charge in [0.05, 0.1) is 35.4 Å². The summed E-state index contributed by atoms with van der Waals surface area (Å²) in [7, 11) is 1.60. The molecule has 7 nitrogen and oxygen atoms in total. The van der Waals surface area contributed by atoms with Gasteiger partial charge in [0.2, 0.25) is 5.91 Å². The number of carbonyl (C=O) groups excluding carboxylic acids is 1. The van der Waals surface area contributed by atoms with Gasteiger partial charge in [-0.15, -0.1) is 0 Å². The molecule has 5 rings (SSSR count). The van der Waals surface area contributed by atoms with E-state index in [0.29, 0.717) is 29.5 Å². The molecule has 1 amide bonds. The lowest BCUT2D eigenvalue weighted by molar-refractivity contribution is -0.117. The Balaban J connectivity index is 1.40. The van der Waals surface area contributed by atoms with Crippen LogP contribution in [0.4, 0.5) is 5.69 Å². The fraction of sp³-hybridized carbons (Fsp3) is 0.259. The molecular formula is C27H26ClN3O4. The monoisotopic (exact) mass is 491 g/mol. The zero-order valence-corrected chi connectivity index (χ0v) is 20.1. The number of rotatable bonds is 8. The van der Waals surface area contributed by atoms with E-state index in [-0.39, 0.29) is 25.0 Å². The van der Waals surface area contributed by atoms with Crippen molar-refractivity contribution in [1.82, 2.24) is 9.55 Å². The standard InChI is InChI=1S/C27H26ClN3O4/c1-34-25-13-7-5-11-23(25)30-15-18(14-26(30)33)27-29-21-9-3-4-10-22(21)31(27)16-19(32)17-35-24-12-6-2-8-20(24)28/h2-13,18-19,32H,14-17H2,1H3/t18-,19-/m0/s1. The molecule has 1 saturated heterocycles. The minimum Gasteiger partial charge on any atom is -0.495 e. The van der Waals surface area contributed by atoms with Crippen molar-refractivity contribution in [2.24, 2.45) is 0 Å². The number of benzene rings is 3. The number of methoxy groups -OCH3 is 1. The van der Waals surface area contributed by atoms with Gasteiger partial charge in [0, 0.05) is 18.9 Å². The van der Waals surface area contributed by atoms with E-state index in [0.717, 1.165) is 22.5 Å². The molecule has 0 aliphatic carbocycles. The summed E-state index contributed by atoms with van der Waals surface area (Å²) in [5.41, 5.74) is 2.48. The van der Waals surface area contributed by atoms with Crippen molar-refractivity contribution in [3.8, 4) is 11.5 Å². The van der Waals surface area contributed by atoms with Gasteiger partial charge in [-0.25, -0.2) is 4.98 Å². The van der Waals surface area contributed by atoms with Crippen LogP contribution in [-0.4, -0.2) is 46.9 Å². The van der Waals surface area contributed by atoms with Crippen molar-refractivity contribution in [1.29, 1.82) is 0 Å². The highest BCUT2D eigenvalue weighted by Crippen LogP contribution is 2.37. The Kier molecular flexibility index (Phi) is 6.61. The highest BCUT2D eigenvalue weighted by atomic mass is 35.5. The number of hydrogen-bond donors (Lipinski definition) is 1. The molecule has 35 heavy (non-hydrogen) atoms. The first kappa shape index (κ1) is 23.2. The van der Waals surface area contributed by atoms with Gasteiger partial charge in [-0.05, 0) is 36.4 Å². The van der Waals surface area contributed by atoms with Crippen LogP contribution in [-0.2, 0) is 11.3 Å². The molecule has 0 unspecified atom stereocenters. The van der Waals surface area contributed by atoms with E-state index in [1.165, 1.54) is 0 Å². The number of ether oxygens (including phenoxy) is 2. The predicted molar refractivity (Wildman–Crippen MR) is 135 cm³/mol. The van der Waals surface area contributed by atoms with Crippen LogP contribution in [0.25, 0.3) is 11.0 Å². The van der Waals surface area contributed by atoms with Crippen molar-refractivity contribution in [2.45, 2.75) is 25.0 Å². The molecule has 3 aromatic carbocycles. The molecule has 4 aromatic rings. The van der Waals surface area contributed by atoms with E-state index < -0.39 is 6.10 Å². The smallest absolute Gasteiger partial charge is 0.227 e. The Morgan fingerprint density at radius 2 is 1.77 bits per heavy atom. The van der Waals surface area contributed by atoms with E-state index in [9.17, 15) is 9.90 Å². The number of anilines is 1. The highest BCUT2D eigenvalue weighted by Gasteiger charge is 2.36. The number of halogens is 1. The number of aliphatic hydroxyl groups excluding tert-OH is 1. The SMILES string of the molecule is COc1ccccc1N1C[C@@H](c2nc3ccccc3n2C[C@H](O)COc2ccccc2Cl)CC1=O. The van der Waals surface area contributed by atoms with Gasteiger partial charge in [-0.2, -0.15) is 0 Å². The van der Waals surface area contributed by atoms with Crippen LogP contribution in [0.1, 0.15) is 18.2 Å². The minimum atomic E-state index is -0.801. The van der Waals surface area contributed by atoms with Crippen LogP contribution >= 0.6 is 11.6 Å². The molecule has 2 heterocycles. The Labute approximate surface area is 208 Å². The fourth-order valence-electron chi connectivity index (χ4n) is 4.58. The third-order valence-corrected chi connectivity index (χ3v) is 6.52. The third kappa shape index (κ3) is 4.70. The number of aromatic nitrogens is 2. The summed E-state index contributed by atoms with van der Waals surface area (Å²) >= 11 is 6.17. The van der Waals surface area contributed by atoms with Gasteiger partial charge >= 0.3 is 0 Å². The lowest BCUT2D eigenvalue weighted by Crippen LogP contribution is -2.26. The van der Waals surface area contributed by atoms with Crippen molar-refractivity contribution >= 4 is 34.2 Å². The molecule has 0 bridgehead atoms. The summed E-state index contributed by atoms with van der Waals surface area (Å²) in [5, 5.41) is 11.3. The number of hydrogen-bond acceptors (Lipinski definition) is 5. The average molecular weight is 492 g/mol. The first-order valence-electron chi connectivity index (χ1n) is 11.5. The zero-order chi connectivity index (χ0) is 24.4. The normalized spacial score (nSPS) is 16.6. The van der Waals surface area contributed by atoms with Crippen LogP contribution in [0.15, 0.2) is 72.8 Å². The number of carbonyl (C=O) groups is 1. The molecule has 0 saturated carbocycles. The molecule has 1 aliphatic rings. The second-order valence-corrected chi connectivity index (χ2v) is 8.95. The maximum atomic E-state index is 13.0. The Hall–Kier alpha value is -3.55. The topological polar surface area (TPSA) is 76.8 Å². The second kappa shape index (κ2) is 9.98. The van der Waals surface area contributed by atoms with E-state index in [4.69, 9.17) is 26.1 Å². The van der Waals surface area contributed by atoms with Crippen molar-refractivity contribution in [3.05, 3.63) is 83.6 Å². The van der Waals surface area contributed by atoms with Crippen LogP contribution in [0.2, 0.25) is 5.02 Å². The molecule has 0 radical (unpaired) electrons. The summed E-state index contributed by atoms with van der Waals surface area (Å²) in [5.74, 6) is 1.84. The quantitative estimate of drug-likeness (QED) is 0.388. The number of imidazole rings is 1. The Morgan fingerprint density at radius 3 is 2.57 bits per heavy atom. The van der Waals surface area contributed by atoms with E-state index in [1.54, 1.807) is 24.1 Å². The first-order chi connectivity index (χ1) is 17.0. The van der Waals surface area contributed by atoms with Crippen LogP contribution < -0.4 is 14.4 Å². The molecule has 1 aliphatic heterocycles. The van der Waals surface area contributed by atoms with Gasteiger partial charge < -0.3 is 24.0 Å². The highest BCUT2D eigenvalue weighted by molar-refractivity contribution is 6.32. The number of fused-ring (bicyclic) bond motifs is 1. The van der Waals surface area contributed by atoms with Gasteiger partial charge in [-0.1, -0.05) is 48.0 Å². The summed E-state index contributed by atoms with van der Waals surface area (Å²) in [6.07, 6.45) is -0.474. The molecule has 1 N–H and O–H groups in total. The second-order valence-electron chi connectivity index (χ2n) is 8.54. The summed E-state index contributed by atoms with van der Waals surface area (Å²) in [6.45, 7) is 0.834. The maximum Gasteiger partial charge on any atom is 0.227 e. The Bertz CT molecular complexity index is 1360. The lowest BCUT2D eigenvalue weighted by Gasteiger charge is -2.20. The largest absolute Gasteiger partial charge is 0.495 e. The number of para-hydroxylation sites is 5. The van der Waals surface area contributed by atoms with Gasteiger partial charge in [0.15, 0.2) is 0 Å². The molecule has 0 spiro atoms. The van der Waals surface area contributed by atoms with Gasteiger partial charge in [0.25, 0.3) is 0 Å². The van der Waals surface area contributed by atoms with E-state index in [2.05, 4.69) is 0 Å². The molecule has 1 fully saturated rings. The molecule has 2 atom stereocenters. The van der Waals surface area contributed by atoms with E-state index >= 15 is 0 Å². The minimum absolute atomic E-state index is 0.0145. The van der Waals surface area contributed by atoms with Crippen molar-refractivity contribution in [3.63, 3.8) is 0 Å². The Morgan fingerprint density at radius 1 is 1.06 bits per heavy atom. The van der Waals surface area contributed by atoms with Crippen molar-refractivity contribution in [2.75, 3.05) is 25.2 Å². The number of nitrogens with zero attached hydrogens (tertiary/aromatic N) is 3. The third-order valence-electron chi connectivity index (χ3n) is 6.21. The van der Waals surface area contributed by atoms with Crippen molar-refractivity contribution < 1.29 is 19.4 Å². The number of aliphatic hydroxyl groups is 1. The summed E-state index contributed by atoms with van der Waals surface area (Å²) < 4.78 is 13.2. The maximum absolute atomic E-state index is 13.0. The molecule has 8 heteroatoms. The zero-order valence-electron chi connectivity index (χ0n) is 19.3. The van der Waals surface area contributed by atoms with Gasteiger partial charge in [0.1, 0.15) is 30.0 Å². The lowest BCUT2D eigenvalue weighted by atomic mass is 10.1. The van der Waals surface area contributed by atoms with Crippen LogP contribution in [0, 0.1) is 0 Å². The first-order valence-corrected chi connectivity index (χ1v) is 11.9. The van der Waals surface area contributed by atoms with E-state index in [1.807, 2.05) is 65.2 Å². The van der Waals surface area contributed by atoms with Crippen LogP contribution in [0.3, 0.4) is 0 Å². The van der Waals surface area contributed by atoms with Gasteiger partial charge in [-0.3, -0.25) is 4.79 Å². The fourth-order valence-corrected chi connectivity index (χ4v) is 4.77. The summed E-state index contributed by atoms with van der Waals surface area (Å²) in [6, 6.07) is 22.5. The molecule has 1 aromatic heterocycles. The van der Waals surface area contributed by atoms with Crippen LogP contribution in [0.5, 0.6) is 11.5 Å². The predicted octanol–water partition coefficient (Wildman–Crippen LogP) is 4.66. The number of amides is 1. The average Bonchev–Trinajstić information content (AvgIpc) is 3.44. The molecule has 180 valence electrons. The molecular weight excluding hydrogens is 466 g/mol.